The number of rotatable bonds is 6. The highest BCUT2D eigenvalue weighted by Gasteiger charge is 2.04. The average molecular weight is 268 g/mol. The number of carbonyl (C=O) groups excluding carboxylic acids is 1. The number of nitrogen functional groups attached to an aromatic ring is 1. The van der Waals surface area contributed by atoms with Crippen molar-refractivity contribution in [1.29, 1.82) is 0 Å². The summed E-state index contributed by atoms with van der Waals surface area (Å²) in [6.07, 6.45) is 3.95. The zero-order valence-electron chi connectivity index (χ0n) is 11.1. The number of aryl methyl sites for hydroxylation is 1. The van der Waals surface area contributed by atoms with Crippen molar-refractivity contribution < 1.29 is 9.53 Å². The lowest BCUT2D eigenvalue weighted by atomic mass is 10.1. The second-order valence-electron chi connectivity index (χ2n) is 4.47. The predicted octanol–water partition coefficient (Wildman–Crippen LogP) is 2.95. The molecule has 0 aliphatic rings. The molecule has 100 valence electrons. The van der Waals surface area contributed by atoms with Crippen molar-refractivity contribution in [2.45, 2.75) is 46.1 Å². The molecule has 4 nitrogen and oxygen atoms in total. The molecule has 0 atom stereocenters. The molecule has 0 saturated heterocycles. The van der Waals surface area contributed by atoms with E-state index in [0.29, 0.717) is 11.6 Å². The van der Waals surface area contributed by atoms with E-state index >= 15 is 0 Å². The molecule has 18 heavy (non-hydrogen) atoms. The Balaban J connectivity index is 2.31. The van der Waals surface area contributed by atoms with Crippen LogP contribution < -0.4 is 5.73 Å². The first-order chi connectivity index (χ1) is 8.47. The number of carbonyl (C=O) groups is 1. The molecule has 0 aromatic carbocycles. The molecule has 2 N–H and O–H groups in total. The Morgan fingerprint density at radius 3 is 2.89 bits per heavy atom. The van der Waals surface area contributed by atoms with Gasteiger partial charge in [-0.15, -0.1) is 11.3 Å². The highest BCUT2D eigenvalue weighted by atomic mass is 32.1. The van der Waals surface area contributed by atoms with Crippen molar-refractivity contribution in [3.05, 3.63) is 22.7 Å². The van der Waals surface area contributed by atoms with Crippen LogP contribution in [0.5, 0.6) is 0 Å². The van der Waals surface area contributed by atoms with Crippen LogP contribution in [0.2, 0.25) is 0 Å². The van der Waals surface area contributed by atoms with Gasteiger partial charge in [0.15, 0.2) is 5.13 Å². The Bertz CT molecular complexity index is 424. The number of nitrogens with zero attached hydrogens (tertiary/aromatic N) is 1. The number of anilines is 1. The smallest absolute Gasteiger partial charge is 0.309 e. The second-order valence-corrected chi connectivity index (χ2v) is 5.36. The van der Waals surface area contributed by atoms with Gasteiger partial charge in [0, 0.05) is 5.38 Å². The summed E-state index contributed by atoms with van der Waals surface area (Å²) in [5.41, 5.74) is 7.74. The van der Waals surface area contributed by atoms with Crippen molar-refractivity contribution in [2.24, 2.45) is 0 Å². The van der Waals surface area contributed by atoms with Crippen LogP contribution in [0.1, 0.15) is 39.3 Å². The van der Waals surface area contributed by atoms with Gasteiger partial charge in [-0.3, -0.25) is 4.79 Å². The van der Waals surface area contributed by atoms with Gasteiger partial charge in [-0.25, -0.2) is 4.98 Å². The summed E-state index contributed by atoms with van der Waals surface area (Å²) < 4.78 is 5.06. The number of allylic oxidation sites excluding steroid dienone is 1. The normalized spacial score (nSPS) is 11.9. The van der Waals surface area contributed by atoms with E-state index in [1.165, 1.54) is 16.9 Å². The van der Waals surface area contributed by atoms with Gasteiger partial charge in [-0.1, -0.05) is 11.6 Å². The molecule has 0 saturated carbocycles. The third kappa shape index (κ3) is 5.82. The number of nitrogens with two attached hydrogens (primary N) is 1. The van der Waals surface area contributed by atoms with Gasteiger partial charge in [0.05, 0.1) is 18.2 Å². The summed E-state index contributed by atoms with van der Waals surface area (Å²) in [4.78, 5) is 15.5. The third-order valence-corrected chi connectivity index (χ3v) is 3.05. The van der Waals surface area contributed by atoms with Gasteiger partial charge in [-0.2, -0.15) is 0 Å². The molecule has 1 aromatic rings. The average Bonchev–Trinajstić information content (AvgIpc) is 2.69. The van der Waals surface area contributed by atoms with Crippen molar-refractivity contribution in [1.82, 2.24) is 4.98 Å². The quantitative estimate of drug-likeness (QED) is 0.636. The molecule has 1 heterocycles. The summed E-state index contributed by atoms with van der Waals surface area (Å²) in [5.74, 6) is -0.178. The van der Waals surface area contributed by atoms with E-state index in [-0.39, 0.29) is 12.1 Å². The lowest BCUT2D eigenvalue weighted by Crippen LogP contribution is -2.10. The minimum absolute atomic E-state index is 0.0517. The van der Waals surface area contributed by atoms with Crippen LogP contribution >= 0.6 is 11.3 Å². The molecule has 1 aromatic heterocycles. The van der Waals surface area contributed by atoms with Crippen LogP contribution in [0.15, 0.2) is 17.0 Å². The summed E-state index contributed by atoms with van der Waals surface area (Å²) in [7, 11) is 0. The topological polar surface area (TPSA) is 65.2 Å². The number of thiazole rings is 1. The molecule has 0 spiro atoms. The van der Waals surface area contributed by atoms with E-state index in [0.717, 1.165) is 18.5 Å². The zero-order valence-corrected chi connectivity index (χ0v) is 11.9. The van der Waals surface area contributed by atoms with Gasteiger partial charge in [-0.05, 0) is 33.6 Å². The maximum Gasteiger partial charge on any atom is 0.309 e. The van der Waals surface area contributed by atoms with E-state index in [1.54, 1.807) is 0 Å². The minimum atomic E-state index is -0.178. The Hall–Kier alpha value is -1.36. The van der Waals surface area contributed by atoms with E-state index in [1.807, 2.05) is 32.2 Å². The fourth-order valence-corrected chi connectivity index (χ4v) is 2.03. The summed E-state index contributed by atoms with van der Waals surface area (Å²) in [5, 5.41) is 2.57. The van der Waals surface area contributed by atoms with E-state index in [9.17, 15) is 4.79 Å². The molecule has 0 unspecified atom stereocenters. The molecule has 0 aliphatic heterocycles. The lowest BCUT2D eigenvalue weighted by Gasteiger charge is -2.06. The van der Waals surface area contributed by atoms with Crippen LogP contribution in [0.3, 0.4) is 0 Å². The molecule has 0 amide bonds. The first-order valence-corrected chi connectivity index (χ1v) is 6.90. The number of esters is 1. The van der Waals surface area contributed by atoms with Gasteiger partial charge < -0.3 is 10.5 Å². The molecular weight excluding hydrogens is 248 g/mol. The van der Waals surface area contributed by atoms with Crippen molar-refractivity contribution >= 4 is 22.4 Å². The van der Waals surface area contributed by atoms with Crippen LogP contribution in [-0.2, 0) is 16.0 Å². The largest absolute Gasteiger partial charge is 0.463 e. The van der Waals surface area contributed by atoms with Gasteiger partial charge >= 0.3 is 5.97 Å². The van der Waals surface area contributed by atoms with E-state index in [4.69, 9.17) is 10.5 Å². The number of aromatic nitrogens is 1. The van der Waals surface area contributed by atoms with Gasteiger partial charge in [0.2, 0.25) is 0 Å². The Morgan fingerprint density at radius 2 is 2.33 bits per heavy atom. The molecule has 0 radical (unpaired) electrons. The maximum absolute atomic E-state index is 11.3. The molecular formula is C13H20N2O2S. The molecule has 0 aliphatic carbocycles. The van der Waals surface area contributed by atoms with E-state index in [2.05, 4.69) is 4.98 Å². The fraction of sp³-hybridized carbons (Fsp3) is 0.538. The fourth-order valence-electron chi connectivity index (χ4n) is 1.43. The Kier molecular flexibility index (Phi) is 5.85. The van der Waals surface area contributed by atoms with Crippen molar-refractivity contribution in [2.75, 3.05) is 5.73 Å². The predicted molar refractivity (Wildman–Crippen MR) is 74.4 cm³/mol. The highest BCUT2D eigenvalue weighted by Crippen LogP contribution is 2.15. The standard InChI is InChI=1S/C13H20N2O2S/c1-9(2)17-12(16)7-5-10(3)4-6-11-8-18-13(14)15-11/h5,8-9H,4,6-7H2,1-3H3,(H2,14,15). The first-order valence-electron chi connectivity index (χ1n) is 6.02. The van der Waals surface area contributed by atoms with Crippen LogP contribution in [0.4, 0.5) is 5.13 Å². The summed E-state index contributed by atoms with van der Waals surface area (Å²) in [6, 6.07) is 0. The van der Waals surface area contributed by atoms with Crippen LogP contribution in [0.25, 0.3) is 0 Å². The number of hydrogen-bond acceptors (Lipinski definition) is 5. The monoisotopic (exact) mass is 268 g/mol. The highest BCUT2D eigenvalue weighted by molar-refractivity contribution is 7.13. The number of ether oxygens (including phenoxy) is 1. The summed E-state index contributed by atoms with van der Waals surface area (Å²) in [6.45, 7) is 5.71. The molecule has 5 heteroatoms. The van der Waals surface area contributed by atoms with Crippen molar-refractivity contribution in [3.63, 3.8) is 0 Å². The van der Waals surface area contributed by atoms with Crippen LogP contribution in [-0.4, -0.2) is 17.1 Å². The van der Waals surface area contributed by atoms with Gasteiger partial charge in [0.25, 0.3) is 0 Å². The van der Waals surface area contributed by atoms with Crippen LogP contribution in [0, 0.1) is 0 Å². The Labute approximate surface area is 112 Å². The molecule has 0 bridgehead atoms. The SMILES string of the molecule is CC(=CCC(=O)OC(C)C)CCc1csc(N)n1. The van der Waals surface area contributed by atoms with Crippen molar-refractivity contribution in [3.8, 4) is 0 Å². The maximum atomic E-state index is 11.3. The van der Waals surface area contributed by atoms with Gasteiger partial charge in [0.1, 0.15) is 0 Å². The summed E-state index contributed by atoms with van der Waals surface area (Å²) >= 11 is 1.45. The van der Waals surface area contributed by atoms with E-state index < -0.39 is 0 Å². The molecule has 1 rings (SSSR count). The lowest BCUT2D eigenvalue weighted by molar-refractivity contribution is -0.146. The third-order valence-electron chi connectivity index (χ3n) is 2.33. The Morgan fingerprint density at radius 1 is 1.61 bits per heavy atom. The number of hydrogen-bond donors (Lipinski definition) is 1. The first kappa shape index (κ1) is 14.7. The zero-order chi connectivity index (χ0) is 13.5. The second kappa shape index (κ2) is 7.16. The minimum Gasteiger partial charge on any atom is -0.463 e. The molecule has 0 fully saturated rings.